The Balaban J connectivity index is 2.21. The van der Waals surface area contributed by atoms with Gasteiger partial charge in [-0.05, 0) is 45.4 Å². The Morgan fingerprint density at radius 3 is 2.72 bits per heavy atom. The van der Waals surface area contributed by atoms with Crippen LogP contribution < -0.4 is 0 Å². The fraction of sp³-hybridized carbons (Fsp3) is 0.421. The van der Waals surface area contributed by atoms with Crippen molar-refractivity contribution in [1.29, 1.82) is 0 Å². The van der Waals surface area contributed by atoms with E-state index in [1.807, 2.05) is 44.6 Å². The van der Waals surface area contributed by atoms with Gasteiger partial charge < -0.3 is 9.32 Å². The van der Waals surface area contributed by atoms with E-state index in [0.717, 1.165) is 11.8 Å². The van der Waals surface area contributed by atoms with Crippen LogP contribution in [0, 0.1) is 0 Å². The molecule has 1 unspecified atom stereocenters. The first-order valence-corrected chi connectivity index (χ1v) is 8.63. The second-order valence-electron chi connectivity index (χ2n) is 6.63. The van der Waals surface area contributed by atoms with Crippen LogP contribution in [0.2, 0.25) is 0 Å². The topological polar surface area (TPSA) is 64.2 Å². The number of furan rings is 1. The molecule has 1 amide bonds. The molecule has 3 heterocycles. The maximum atomic E-state index is 13.1. The molecule has 3 rings (SSSR count). The first-order valence-electron chi connectivity index (χ1n) is 8.63. The van der Waals surface area contributed by atoms with E-state index in [-0.39, 0.29) is 18.0 Å². The molecule has 0 spiro atoms. The minimum absolute atomic E-state index is 0.0298. The zero-order chi connectivity index (χ0) is 18.1. The van der Waals surface area contributed by atoms with E-state index in [2.05, 4.69) is 12.0 Å². The van der Waals surface area contributed by atoms with Gasteiger partial charge in [0.1, 0.15) is 5.69 Å². The monoisotopic (exact) mass is 340 g/mol. The normalized spacial score (nSPS) is 12.7. The number of aromatic nitrogens is 3. The molecule has 6 nitrogen and oxygen atoms in total. The van der Waals surface area contributed by atoms with E-state index in [0.29, 0.717) is 22.7 Å². The summed E-state index contributed by atoms with van der Waals surface area (Å²) in [5, 5.41) is 5.21. The molecule has 0 saturated carbocycles. The fourth-order valence-electron chi connectivity index (χ4n) is 2.79. The van der Waals surface area contributed by atoms with Crippen molar-refractivity contribution in [2.45, 2.75) is 46.2 Å². The largest absolute Gasteiger partial charge is 0.463 e. The van der Waals surface area contributed by atoms with Gasteiger partial charge in [0.25, 0.3) is 5.91 Å². The van der Waals surface area contributed by atoms with Gasteiger partial charge in [-0.25, -0.2) is 9.67 Å². The zero-order valence-corrected chi connectivity index (χ0v) is 15.4. The molecule has 0 aromatic carbocycles. The van der Waals surface area contributed by atoms with E-state index >= 15 is 0 Å². The zero-order valence-electron chi connectivity index (χ0n) is 15.4. The Hall–Kier alpha value is -2.63. The van der Waals surface area contributed by atoms with Gasteiger partial charge in [-0.3, -0.25) is 4.79 Å². The van der Waals surface area contributed by atoms with Crippen molar-refractivity contribution in [2.75, 3.05) is 7.05 Å². The lowest BCUT2D eigenvalue weighted by Gasteiger charge is -2.24. The highest BCUT2D eigenvalue weighted by Crippen LogP contribution is 2.27. The number of carbonyl (C=O) groups is 1. The Bertz CT molecular complexity index is 880. The molecule has 0 aliphatic carbocycles. The number of carbonyl (C=O) groups excluding carboxylic acids is 1. The predicted molar refractivity (Wildman–Crippen MR) is 97.5 cm³/mol. The van der Waals surface area contributed by atoms with Crippen LogP contribution in [-0.2, 0) is 0 Å². The second-order valence-corrected chi connectivity index (χ2v) is 6.63. The summed E-state index contributed by atoms with van der Waals surface area (Å²) < 4.78 is 7.33. The highest BCUT2D eigenvalue weighted by Gasteiger charge is 2.23. The van der Waals surface area contributed by atoms with Crippen LogP contribution in [0.5, 0.6) is 0 Å². The van der Waals surface area contributed by atoms with Gasteiger partial charge in [0, 0.05) is 19.1 Å². The van der Waals surface area contributed by atoms with Crippen LogP contribution in [0.1, 0.15) is 50.5 Å². The number of nitrogens with zero attached hydrogens (tertiary/aromatic N) is 4. The average molecular weight is 340 g/mol. The lowest BCUT2D eigenvalue weighted by atomic mass is 10.1. The molecule has 3 aromatic rings. The first kappa shape index (κ1) is 17.2. The van der Waals surface area contributed by atoms with Crippen LogP contribution >= 0.6 is 0 Å². The van der Waals surface area contributed by atoms with Gasteiger partial charge in [0.05, 0.1) is 23.4 Å². The standard InChI is InChI=1S/C19H24N4O2/c1-6-13(4)22(5)19(24)14-10-16(17-8-7-9-25-17)21-18-15(14)11-20-23(18)12(2)3/h7-13H,6H2,1-5H3. The van der Waals surface area contributed by atoms with Crippen molar-refractivity contribution >= 4 is 16.9 Å². The molecular formula is C19H24N4O2. The highest BCUT2D eigenvalue weighted by molar-refractivity contribution is 6.06. The maximum Gasteiger partial charge on any atom is 0.254 e. The summed E-state index contributed by atoms with van der Waals surface area (Å²) in [6.07, 6.45) is 4.23. The molecule has 0 saturated heterocycles. The van der Waals surface area contributed by atoms with Gasteiger partial charge in [-0.2, -0.15) is 5.10 Å². The van der Waals surface area contributed by atoms with Crippen LogP contribution in [0.3, 0.4) is 0 Å². The van der Waals surface area contributed by atoms with E-state index in [1.165, 1.54) is 0 Å². The quantitative estimate of drug-likeness (QED) is 0.700. The van der Waals surface area contributed by atoms with E-state index in [9.17, 15) is 4.79 Å². The first-order chi connectivity index (χ1) is 11.9. The number of amides is 1. The van der Waals surface area contributed by atoms with Gasteiger partial charge in [-0.1, -0.05) is 6.92 Å². The Morgan fingerprint density at radius 1 is 1.36 bits per heavy atom. The van der Waals surface area contributed by atoms with Gasteiger partial charge in [0.2, 0.25) is 0 Å². The van der Waals surface area contributed by atoms with Crippen molar-refractivity contribution in [3.8, 4) is 11.5 Å². The van der Waals surface area contributed by atoms with E-state index in [1.54, 1.807) is 23.4 Å². The Labute approximate surface area is 147 Å². The molecule has 6 heteroatoms. The molecule has 3 aromatic heterocycles. The van der Waals surface area contributed by atoms with E-state index in [4.69, 9.17) is 9.40 Å². The smallest absolute Gasteiger partial charge is 0.254 e. The number of pyridine rings is 1. The number of fused-ring (bicyclic) bond motifs is 1. The average Bonchev–Trinajstić information content (AvgIpc) is 3.27. The van der Waals surface area contributed by atoms with Gasteiger partial charge in [-0.15, -0.1) is 0 Å². The minimum atomic E-state index is -0.0298. The third-order valence-electron chi connectivity index (χ3n) is 4.63. The van der Waals surface area contributed by atoms with E-state index < -0.39 is 0 Å². The summed E-state index contributed by atoms with van der Waals surface area (Å²) in [4.78, 5) is 19.6. The molecule has 0 fully saturated rings. The predicted octanol–water partition coefficient (Wildman–Crippen LogP) is 4.14. The van der Waals surface area contributed by atoms with Crippen molar-refractivity contribution in [3.63, 3.8) is 0 Å². The summed E-state index contributed by atoms with van der Waals surface area (Å²) in [5.74, 6) is 0.608. The van der Waals surface area contributed by atoms with Crippen molar-refractivity contribution in [3.05, 3.63) is 36.2 Å². The lowest BCUT2D eigenvalue weighted by molar-refractivity contribution is 0.0742. The van der Waals surface area contributed by atoms with Crippen molar-refractivity contribution in [1.82, 2.24) is 19.7 Å². The molecule has 1 atom stereocenters. The Morgan fingerprint density at radius 2 is 2.12 bits per heavy atom. The number of hydrogen-bond donors (Lipinski definition) is 0. The maximum absolute atomic E-state index is 13.1. The highest BCUT2D eigenvalue weighted by atomic mass is 16.3. The second kappa shape index (κ2) is 6.70. The summed E-state index contributed by atoms with van der Waals surface area (Å²) in [6.45, 7) is 8.20. The molecule has 0 radical (unpaired) electrons. The van der Waals surface area contributed by atoms with Crippen LogP contribution in [0.4, 0.5) is 0 Å². The third-order valence-corrected chi connectivity index (χ3v) is 4.63. The number of rotatable bonds is 5. The molecule has 0 aliphatic heterocycles. The summed E-state index contributed by atoms with van der Waals surface area (Å²) >= 11 is 0. The molecular weight excluding hydrogens is 316 g/mol. The third kappa shape index (κ3) is 3.04. The van der Waals surface area contributed by atoms with Gasteiger partial charge >= 0.3 is 0 Å². The van der Waals surface area contributed by atoms with Crippen molar-refractivity contribution in [2.24, 2.45) is 0 Å². The molecule has 0 bridgehead atoms. The fourth-order valence-corrected chi connectivity index (χ4v) is 2.79. The molecule has 25 heavy (non-hydrogen) atoms. The lowest BCUT2D eigenvalue weighted by Crippen LogP contribution is -2.34. The van der Waals surface area contributed by atoms with Crippen LogP contribution in [-0.4, -0.2) is 38.7 Å². The number of hydrogen-bond acceptors (Lipinski definition) is 4. The molecule has 0 N–H and O–H groups in total. The summed E-state index contributed by atoms with van der Waals surface area (Å²) in [5.41, 5.74) is 1.94. The minimum Gasteiger partial charge on any atom is -0.463 e. The van der Waals surface area contributed by atoms with Crippen molar-refractivity contribution < 1.29 is 9.21 Å². The van der Waals surface area contributed by atoms with Gasteiger partial charge in [0.15, 0.2) is 11.4 Å². The summed E-state index contributed by atoms with van der Waals surface area (Å²) in [7, 11) is 1.84. The van der Waals surface area contributed by atoms with Crippen LogP contribution in [0.15, 0.2) is 35.1 Å². The van der Waals surface area contributed by atoms with Crippen LogP contribution in [0.25, 0.3) is 22.5 Å². The molecule has 0 aliphatic rings. The molecule has 132 valence electrons. The summed E-state index contributed by atoms with van der Waals surface area (Å²) in [6, 6.07) is 5.76. The SMILES string of the molecule is CCC(C)N(C)C(=O)c1cc(-c2ccco2)nc2c1cnn2C(C)C. The Kier molecular flexibility index (Phi) is 4.61.